The Bertz CT molecular complexity index is 293. The van der Waals surface area contributed by atoms with Gasteiger partial charge in [0.15, 0.2) is 0 Å². The normalized spacial score (nSPS) is 20.7. The molecule has 0 saturated carbocycles. The van der Waals surface area contributed by atoms with E-state index in [0.717, 1.165) is 19.1 Å². The topological polar surface area (TPSA) is 35.2 Å². The zero-order valence-corrected chi connectivity index (χ0v) is 9.63. The lowest BCUT2D eigenvalue weighted by Gasteiger charge is -2.07. The molecular weight excluding hydrogens is 206 g/mol. The third kappa shape index (κ3) is 3.23. The fourth-order valence-corrected chi connectivity index (χ4v) is 2.67. The van der Waals surface area contributed by atoms with Crippen LogP contribution in [-0.2, 0) is 11.3 Å². The molecule has 0 radical (unpaired) electrons. The van der Waals surface area contributed by atoms with Gasteiger partial charge < -0.3 is 10.5 Å². The molecule has 1 saturated heterocycles. The van der Waals surface area contributed by atoms with Crippen LogP contribution in [0.2, 0.25) is 0 Å². The van der Waals surface area contributed by atoms with E-state index in [0.29, 0.717) is 6.54 Å². The first-order chi connectivity index (χ1) is 7.38. The van der Waals surface area contributed by atoms with Crippen LogP contribution in [0.15, 0.2) is 29.2 Å². The Morgan fingerprint density at radius 1 is 1.33 bits per heavy atom. The van der Waals surface area contributed by atoms with Gasteiger partial charge in [-0.05, 0) is 30.0 Å². The number of thioether (sulfide) groups is 1. The third-order valence-corrected chi connectivity index (χ3v) is 3.91. The van der Waals surface area contributed by atoms with E-state index in [-0.39, 0.29) is 0 Å². The molecule has 0 amide bonds. The Balaban J connectivity index is 1.82. The largest absolute Gasteiger partial charge is 0.381 e. The second kappa shape index (κ2) is 5.54. The van der Waals surface area contributed by atoms with Crippen molar-refractivity contribution in [3.8, 4) is 0 Å². The van der Waals surface area contributed by atoms with Crippen molar-refractivity contribution < 1.29 is 4.74 Å². The van der Waals surface area contributed by atoms with Gasteiger partial charge in [-0.1, -0.05) is 12.1 Å². The summed E-state index contributed by atoms with van der Waals surface area (Å²) < 4.78 is 5.35. The Kier molecular flexibility index (Phi) is 4.06. The first kappa shape index (κ1) is 11.0. The maximum atomic E-state index is 5.55. The van der Waals surface area contributed by atoms with Crippen LogP contribution in [0.3, 0.4) is 0 Å². The first-order valence-electron chi connectivity index (χ1n) is 5.38. The average molecular weight is 223 g/mol. The number of hydrogen-bond acceptors (Lipinski definition) is 3. The molecule has 3 heteroatoms. The van der Waals surface area contributed by atoms with Crippen molar-refractivity contribution in [2.24, 2.45) is 11.7 Å². The SMILES string of the molecule is NCc1ccc(SCC2CCOC2)cc1. The summed E-state index contributed by atoms with van der Waals surface area (Å²) in [6.45, 7) is 2.51. The van der Waals surface area contributed by atoms with Crippen LogP contribution in [0.25, 0.3) is 0 Å². The Labute approximate surface area is 95.2 Å². The van der Waals surface area contributed by atoms with Crippen molar-refractivity contribution in [3.05, 3.63) is 29.8 Å². The van der Waals surface area contributed by atoms with Gasteiger partial charge in [0.1, 0.15) is 0 Å². The summed E-state index contributed by atoms with van der Waals surface area (Å²) in [6, 6.07) is 8.52. The van der Waals surface area contributed by atoms with E-state index in [1.807, 2.05) is 11.8 Å². The first-order valence-corrected chi connectivity index (χ1v) is 6.36. The van der Waals surface area contributed by atoms with Gasteiger partial charge in [-0.3, -0.25) is 0 Å². The summed E-state index contributed by atoms with van der Waals surface area (Å²) in [4.78, 5) is 1.33. The molecule has 0 aromatic heterocycles. The Morgan fingerprint density at radius 3 is 2.73 bits per heavy atom. The minimum atomic E-state index is 0.626. The fourth-order valence-electron chi connectivity index (χ4n) is 1.65. The molecule has 1 fully saturated rings. The van der Waals surface area contributed by atoms with Crippen LogP contribution >= 0.6 is 11.8 Å². The van der Waals surface area contributed by atoms with Crippen LogP contribution in [0.5, 0.6) is 0 Å². The summed E-state index contributed by atoms with van der Waals surface area (Å²) in [5, 5.41) is 0. The van der Waals surface area contributed by atoms with Gasteiger partial charge >= 0.3 is 0 Å². The van der Waals surface area contributed by atoms with E-state index in [9.17, 15) is 0 Å². The summed E-state index contributed by atoms with van der Waals surface area (Å²) in [5.74, 6) is 1.91. The minimum absolute atomic E-state index is 0.626. The number of ether oxygens (including phenoxy) is 1. The van der Waals surface area contributed by atoms with Gasteiger partial charge in [0.2, 0.25) is 0 Å². The Hall–Kier alpha value is -0.510. The Morgan fingerprint density at radius 2 is 2.13 bits per heavy atom. The highest BCUT2D eigenvalue weighted by Gasteiger charge is 2.15. The van der Waals surface area contributed by atoms with Crippen molar-refractivity contribution >= 4 is 11.8 Å². The van der Waals surface area contributed by atoms with Gasteiger partial charge in [-0.15, -0.1) is 11.8 Å². The zero-order valence-electron chi connectivity index (χ0n) is 8.82. The van der Waals surface area contributed by atoms with E-state index in [2.05, 4.69) is 24.3 Å². The van der Waals surface area contributed by atoms with Gasteiger partial charge in [0, 0.05) is 23.8 Å². The quantitative estimate of drug-likeness (QED) is 0.795. The average Bonchev–Trinajstić information content (AvgIpc) is 2.80. The van der Waals surface area contributed by atoms with Gasteiger partial charge in [-0.25, -0.2) is 0 Å². The molecule has 1 atom stereocenters. The molecule has 0 aliphatic carbocycles. The molecule has 0 bridgehead atoms. The lowest BCUT2D eigenvalue weighted by Crippen LogP contribution is -2.02. The van der Waals surface area contributed by atoms with E-state index < -0.39 is 0 Å². The molecule has 82 valence electrons. The molecule has 2 rings (SSSR count). The molecule has 0 spiro atoms. The van der Waals surface area contributed by atoms with E-state index >= 15 is 0 Å². The molecule has 1 aliphatic heterocycles. The second-order valence-electron chi connectivity index (χ2n) is 3.89. The highest BCUT2D eigenvalue weighted by atomic mass is 32.2. The fraction of sp³-hybridized carbons (Fsp3) is 0.500. The van der Waals surface area contributed by atoms with Crippen LogP contribution < -0.4 is 5.73 Å². The summed E-state index contributed by atoms with van der Waals surface area (Å²) in [5.41, 5.74) is 6.75. The number of hydrogen-bond donors (Lipinski definition) is 1. The van der Waals surface area contributed by atoms with Gasteiger partial charge in [-0.2, -0.15) is 0 Å². The lowest BCUT2D eigenvalue weighted by molar-refractivity contribution is 0.189. The molecule has 1 unspecified atom stereocenters. The summed E-state index contributed by atoms with van der Waals surface area (Å²) in [6.07, 6.45) is 1.22. The van der Waals surface area contributed by atoms with Crippen molar-refractivity contribution in [3.63, 3.8) is 0 Å². The van der Waals surface area contributed by atoms with Crippen LogP contribution in [0.1, 0.15) is 12.0 Å². The molecule has 2 nitrogen and oxygen atoms in total. The predicted octanol–water partition coefficient (Wildman–Crippen LogP) is 2.27. The van der Waals surface area contributed by atoms with Crippen molar-refractivity contribution in [1.82, 2.24) is 0 Å². The standard InChI is InChI=1S/C12H17NOS/c13-7-10-1-3-12(4-2-10)15-9-11-5-6-14-8-11/h1-4,11H,5-9,13H2. The number of rotatable bonds is 4. The molecular formula is C12H17NOS. The maximum absolute atomic E-state index is 5.55. The lowest BCUT2D eigenvalue weighted by atomic mass is 10.2. The molecule has 1 aliphatic rings. The predicted molar refractivity (Wildman–Crippen MR) is 64.0 cm³/mol. The second-order valence-corrected chi connectivity index (χ2v) is 4.98. The van der Waals surface area contributed by atoms with E-state index in [4.69, 9.17) is 10.5 Å². The maximum Gasteiger partial charge on any atom is 0.0503 e. The molecule has 15 heavy (non-hydrogen) atoms. The highest BCUT2D eigenvalue weighted by Crippen LogP contribution is 2.24. The van der Waals surface area contributed by atoms with Gasteiger partial charge in [0.05, 0.1) is 6.61 Å². The smallest absolute Gasteiger partial charge is 0.0503 e. The summed E-state index contributed by atoms with van der Waals surface area (Å²) in [7, 11) is 0. The van der Waals surface area contributed by atoms with Crippen LogP contribution in [0, 0.1) is 5.92 Å². The minimum Gasteiger partial charge on any atom is -0.381 e. The van der Waals surface area contributed by atoms with Gasteiger partial charge in [0.25, 0.3) is 0 Å². The zero-order chi connectivity index (χ0) is 10.5. The van der Waals surface area contributed by atoms with Crippen molar-refractivity contribution in [2.75, 3.05) is 19.0 Å². The van der Waals surface area contributed by atoms with E-state index in [1.54, 1.807) is 0 Å². The monoisotopic (exact) mass is 223 g/mol. The van der Waals surface area contributed by atoms with E-state index in [1.165, 1.54) is 22.6 Å². The number of benzene rings is 1. The van der Waals surface area contributed by atoms with Crippen molar-refractivity contribution in [1.29, 1.82) is 0 Å². The molecule has 1 aromatic rings. The summed E-state index contributed by atoms with van der Waals surface area (Å²) >= 11 is 1.92. The molecule has 2 N–H and O–H groups in total. The molecule has 1 aromatic carbocycles. The molecule has 1 heterocycles. The third-order valence-electron chi connectivity index (χ3n) is 2.67. The highest BCUT2D eigenvalue weighted by molar-refractivity contribution is 7.99. The van der Waals surface area contributed by atoms with Crippen LogP contribution in [0.4, 0.5) is 0 Å². The van der Waals surface area contributed by atoms with Crippen molar-refractivity contribution in [2.45, 2.75) is 17.9 Å². The van der Waals surface area contributed by atoms with Crippen LogP contribution in [-0.4, -0.2) is 19.0 Å². The number of nitrogens with two attached hydrogens (primary N) is 1.